The first kappa shape index (κ1) is 17.8. The van der Waals surface area contributed by atoms with Gasteiger partial charge in [-0.1, -0.05) is 49.2 Å². The average molecular weight is 375 g/mol. The van der Waals surface area contributed by atoms with E-state index in [2.05, 4.69) is 23.8 Å². The smallest absolute Gasteiger partial charge is 0.142 e. The fourth-order valence-electron chi connectivity index (χ4n) is 2.76. The Labute approximate surface area is 156 Å². The number of benzene rings is 1. The van der Waals surface area contributed by atoms with E-state index < -0.39 is 0 Å². The third-order valence-corrected chi connectivity index (χ3v) is 5.25. The van der Waals surface area contributed by atoms with Crippen molar-refractivity contribution in [2.24, 2.45) is 0 Å². The maximum absolute atomic E-state index is 13.3. The molecule has 2 heterocycles. The van der Waals surface area contributed by atoms with Crippen LogP contribution in [0.25, 0.3) is 11.1 Å². The molecule has 0 aliphatic heterocycles. The summed E-state index contributed by atoms with van der Waals surface area (Å²) in [7, 11) is 0. The van der Waals surface area contributed by atoms with Gasteiger partial charge in [-0.05, 0) is 35.7 Å². The van der Waals surface area contributed by atoms with Crippen molar-refractivity contribution in [3.8, 4) is 11.1 Å². The van der Waals surface area contributed by atoms with Gasteiger partial charge < -0.3 is 0 Å². The second kappa shape index (κ2) is 7.51. The highest BCUT2D eigenvalue weighted by molar-refractivity contribution is 6.42. The molecular formula is C20H17Cl2FN2. The molecule has 3 rings (SSSR count). The molecule has 0 bridgehead atoms. The lowest BCUT2D eigenvalue weighted by Gasteiger charge is -2.20. The number of rotatable bonds is 4. The van der Waals surface area contributed by atoms with Crippen LogP contribution >= 0.6 is 23.2 Å². The van der Waals surface area contributed by atoms with Crippen molar-refractivity contribution in [3.05, 3.63) is 82.1 Å². The minimum absolute atomic E-state index is 0.192. The van der Waals surface area contributed by atoms with E-state index in [4.69, 9.17) is 23.2 Å². The highest BCUT2D eigenvalue weighted by atomic mass is 35.5. The first-order valence-corrected chi connectivity index (χ1v) is 8.73. The van der Waals surface area contributed by atoms with Crippen LogP contribution in [0.4, 0.5) is 4.39 Å². The molecule has 2 unspecified atom stereocenters. The van der Waals surface area contributed by atoms with E-state index in [1.807, 2.05) is 30.3 Å². The van der Waals surface area contributed by atoms with Gasteiger partial charge in [-0.2, -0.15) is 0 Å². The molecule has 2 aromatic heterocycles. The number of pyridine rings is 2. The Bertz CT molecular complexity index is 881. The summed E-state index contributed by atoms with van der Waals surface area (Å²) in [5.41, 5.74) is 3.63. The lowest BCUT2D eigenvalue weighted by Crippen LogP contribution is -2.06. The Morgan fingerprint density at radius 2 is 1.64 bits per heavy atom. The molecule has 0 aliphatic carbocycles. The van der Waals surface area contributed by atoms with Crippen molar-refractivity contribution in [2.45, 2.75) is 25.7 Å². The van der Waals surface area contributed by atoms with Crippen LogP contribution in [0.1, 0.15) is 36.9 Å². The predicted molar refractivity (Wildman–Crippen MR) is 101 cm³/mol. The molecule has 0 aliphatic rings. The highest BCUT2D eigenvalue weighted by Crippen LogP contribution is 2.34. The standard InChI is InChI=1S/C20H17Cl2FN2/c1-12(14-3-5-18(21)19(22)8-14)13(2)20-6-4-15(10-25-20)16-7-17(23)11-24-9-16/h3-13H,1-2H3. The third-order valence-electron chi connectivity index (χ3n) is 4.51. The molecule has 0 saturated heterocycles. The van der Waals surface area contributed by atoms with E-state index in [1.165, 1.54) is 12.3 Å². The Balaban J connectivity index is 1.82. The monoisotopic (exact) mass is 374 g/mol. The van der Waals surface area contributed by atoms with E-state index >= 15 is 0 Å². The SMILES string of the molecule is CC(c1ccc(Cl)c(Cl)c1)C(C)c1ccc(-c2cncc(F)c2)cn1. The summed E-state index contributed by atoms with van der Waals surface area (Å²) >= 11 is 12.1. The Hall–Kier alpha value is -1.97. The summed E-state index contributed by atoms with van der Waals surface area (Å²) in [6.07, 6.45) is 4.57. The van der Waals surface area contributed by atoms with Crippen molar-refractivity contribution in [3.63, 3.8) is 0 Å². The number of nitrogens with zero attached hydrogens (tertiary/aromatic N) is 2. The second-order valence-electron chi connectivity index (χ2n) is 6.11. The molecule has 0 fully saturated rings. The predicted octanol–water partition coefficient (Wildman–Crippen LogP) is 6.50. The van der Waals surface area contributed by atoms with Crippen LogP contribution in [-0.4, -0.2) is 9.97 Å². The Morgan fingerprint density at radius 1 is 0.840 bits per heavy atom. The van der Waals surface area contributed by atoms with E-state index in [0.29, 0.717) is 15.6 Å². The number of aromatic nitrogens is 2. The van der Waals surface area contributed by atoms with Gasteiger partial charge in [-0.25, -0.2) is 4.39 Å². The molecule has 5 heteroatoms. The Kier molecular flexibility index (Phi) is 5.36. The van der Waals surface area contributed by atoms with E-state index in [-0.39, 0.29) is 17.7 Å². The topological polar surface area (TPSA) is 25.8 Å². The molecule has 25 heavy (non-hydrogen) atoms. The Morgan fingerprint density at radius 3 is 2.28 bits per heavy atom. The molecule has 0 amide bonds. The fraction of sp³-hybridized carbons (Fsp3) is 0.200. The average Bonchev–Trinajstić information content (AvgIpc) is 2.63. The normalized spacial score (nSPS) is 13.5. The van der Waals surface area contributed by atoms with Gasteiger partial charge in [0.25, 0.3) is 0 Å². The summed E-state index contributed by atoms with van der Waals surface area (Å²) in [5, 5.41) is 1.11. The summed E-state index contributed by atoms with van der Waals surface area (Å²) in [6.45, 7) is 4.26. The molecule has 2 nitrogen and oxygen atoms in total. The van der Waals surface area contributed by atoms with Gasteiger partial charge >= 0.3 is 0 Å². The van der Waals surface area contributed by atoms with Crippen LogP contribution in [0.15, 0.2) is 55.0 Å². The van der Waals surface area contributed by atoms with Crippen LogP contribution < -0.4 is 0 Å². The molecule has 0 N–H and O–H groups in total. The van der Waals surface area contributed by atoms with Gasteiger partial charge in [0.1, 0.15) is 5.82 Å². The van der Waals surface area contributed by atoms with Crippen LogP contribution in [0.5, 0.6) is 0 Å². The zero-order chi connectivity index (χ0) is 18.0. The largest absolute Gasteiger partial charge is 0.261 e. The zero-order valence-corrected chi connectivity index (χ0v) is 15.4. The number of hydrogen-bond donors (Lipinski definition) is 0. The van der Waals surface area contributed by atoms with Crippen LogP contribution in [0, 0.1) is 5.82 Å². The molecule has 3 aromatic rings. The molecular weight excluding hydrogens is 358 g/mol. The van der Waals surface area contributed by atoms with Crippen LogP contribution in [-0.2, 0) is 0 Å². The summed E-state index contributed by atoms with van der Waals surface area (Å²) in [5.74, 6) is 0.0593. The lowest BCUT2D eigenvalue weighted by molar-refractivity contribution is 0.608. The third kappa shape index (κ3) is 4.00. The molecule has 128 valence electrons. The number of halogens is 3. The van der Waals surface area contributed by atoms with Gasteiger partial charge in [0.2, 0.25) is 0 Å². The van der Waals surface area contributed by atoms with Crippen LogP contribution in [0.2, 0.25) is 10.0 Å². The molecule has 0 spiro atoms. The fourth-order valence-corrected chi connectivity index (χ4v) is 3.06. The maximum atomic E-state index is 13.3. The lowest BCUT2D eigenvalue weighted by atomic mass is 9.86. The van der Waals surface area contributed by atoms with Gasteiger partial charge in [0.15, 0.2) is 0 Å². The van der Waals surface area contributed by atoms with Crippen molar-refractivity contribution in [1.82, 2.24) is 9.97 Å². The molecule has 0 saturated carbocycles. The first-order valence-electron chi connectivity index (χ1n) is 7.97. The van der Waals surface area contributed by atoms with Crippen molar-refractivity contribution < 1.29 is 4.39 Å². The summed E-state index contributed by atoms with van der Waals surface area (Å²) in [6, 6.07) is 11.1. The van der Waals surface area contributed by atoms with Gasteiger partial charge in [-0.3, -0.25) is 9.97 Å². The second-order valence-corrected chi connectivity index (χ2v) is 6.93. The molecule has 0 radical (unpaired) electrons. The maximum Gasteiger partial charge on any atom is 0.142 e. The van der Waals surface area contributed by atoms with Gasteiger partial charge in [0, 0.05) is 35.1 Å². The highest BCUT2D eigenvalue weighted by Gasteiger charge is 2.18. The molecule has 1 aromatic carbocycles. The minimum atomic E-state index is -0.358. The first-order chi connectivity index (χ1) is 12.0. The minimum Gasteiger partial charge on any atom is -0.261 e. The van der Waals surface area contributed by atoms with Gasteiger partial charge in [0.05, 0.1) is 16.2 Å². The summed E-state index contributed by atoms with van der Waals surface area (Å²) in [4.78, 5) is 8.44. The van der Waals surface area contributed by atoms with Crippen LogP contribution in [0.3, 0.4) is 0 Å². The summed E-state index contributed by atoms with van der Waals surface area (Å²) < 4.78 is 13.3. The van der Waals surface area contributed by atoms with E-state index in [9.17, 15) is 4.39 Å². The quantitative estimate of drug-likeness (QED) is 0.520. The zero-order valence-electron chi connectivity index (χ0n) is 13.9. The van der Waals surface area contributed by atoms with E-state index in [0.717, 1.165) is 16.8 Å². The molecule has 2 atom stereocenters. The van der Waals surface area contributed by atoms with Crippen molar-refractivity contribution in [2.75, 3.05) is 0 Å². The van der Waals surface area contributed by atoms with E-state index in [1.54, 1.807) is 12.4 Å². The van der Waals surface area contributed by atoms with Crippen molar-refractivity contribution in [1.29, 1.82) is 0 Å². The van der Waals surface area contributed by atoms with Crippen molar-refractivity contribution >= 4 is 23.2 Å². The number of hydrogen-bond acceptors (Lipinski definition) is 2. The van der Waals surface area contributed by atoms with Gasteiger partial charge in [-0.15, -0.1) is 0 Å².